The van der Waals surface area contributed by atoms with Crippen molar-refractivity contribution in [2.24, 2.45) is 0 Å². The lowest BCUT2D eigenvalue weighted by atomic mass is 10.1. The molecular weight excluding hydrogens is 518 g/mol. The number of halogens is 3. The number of hydrogen-bond acceptors (Lipinski definition) is 7. The Bertz CT molecular complexity index is 1670. The van der Waals surface area contributed by atoms with Crippen LogP contribution < -0.4 is 22.0 Å². The molecule has 0 aliphatic carbocycles. The molecule has 11 nitrogen and oxygen atoms in total. The maximum absolute atomic E-state index is 15.0. The van der Waals surface area contributed by atoms with Crippen LogP contribution in [0.5, 0.6) is 0 Å². The Hall–Kier alpha value is -4.39. The van der Waals surface area contributed by atoms with E-state index in [2.05, 4.69) is 0 Å². The van der Waals surface area contributed by atoms with E-state index in [1.165, 1.54) is 19.1 Å². The van der Waals surface area contributed by atoms with Gasteiger partial charge in [0.2, 0.25) is 0 Å². The van der Waals surface area contributed by atoms with E-state index in [0.717, 1.165) is 12.1 Å². The number of aromatic amines is 1. The number of carbonyl (C=O) groups is 3. The Morgan fingerprint density at radius 3 is 2.24 bits per heavy atom. The van der Waals surface area contributed by atoms with Crippen molar-refractivity contribution in [2.45, 2.75) is 32.9 Å². The lowest BCUT2D eigenvalue weighted by Gasteiger charge is -2.19. The van der Waals surface area contributed by atoms with Crippen LogP contribution in [0.4, 0.5) is 14.5 Å². The Morgan fingerprint density at radius 1 is 0.946 bits per heavy atom. The third-order valence-electron chi connectivity index (χ3n) is 5.48. The van der Waals surface area contributed by atoms with Crippen molar-refractivity contribution in [3.05, 3.63) is 89.6 Å². The number of fused-ring (bicyclic) bond motifs is 1. The van der Waals surface area contributed by atoms with E-state index in [4.69, 9.17) is 16.3 Å². The molecule has 0 bridgehead atoms. The number of ether oxygens (including phenoxy) is 1. The predicted octanol–water partition coefficient (Wildman–Crippen LogP) is 1.93. The maximum atomic E-state index is 15.0. The summed E-state index contributed by atoms with van der Waals surface area (Å²) in [6.45, 7) is 4.27. The second kappa shape index (κ2) is 9.24. The molecule has 4 rings (SSSR count). The lowest BCUT2D eigenvalue weighted by Crippen LogP contribution is -2.51. The van der Waals surface area contributed by atoms with Crippen molar-refractivity contribution in [3.8, 4) is 5.69 Å². The Balaban J connectivity index is 1.91. The van der Waals surface area contributed by atoms with E-state index in [-0.39, 0.29) is 5.56 Å². The molecule has 1 aromatic heterocycles. The van der Waals surface area contributed by atoms with Gasteiger partial charge in [-0.3, -0.25) is 14.6 Å². The number of imide groups is 1. The number of benzene rings is 2. The molecule has 1 N–H and O–H groups in total. The van der Waals surface area contributed by atoms with E-state index >= 15 is 0 Å². The molecule has 0 saturated heterocycles. The topological polar surface area (TPSA) is 141 Å². The van der Waals surface area contributed by atoms with Crippen molar-refractivity contribution < 1.29 is 27.9 Å². The molecule has 0 radical (unpaired) electrons. The molecule has 0 saturated carbocycles. The summed E-state index contributed by atoms with van der Waals surface area (Å²) >= 11 is 6.10. The van der Waals surface area contributed by atoms with Crippen LogP contribution in [-0.4, -0.2) is 38.0 Å². The number of hydrogen-bond donors (Lipinski definition) is 1. The average Bonchev–Trinajstić information content (AvgIpc) is 3.05. The van der Waals surface area contributed by atoms with Crippen molar-refractivity contribution in [1.82, 2.24) is 14.1 Å². The quantitative estimate of drug-likeness (QED) is 0.389. The van der Waals surface area contributed by atoms with Gasteiger partial charge in [-0.15, -0.1) is 0 Å². The zero-order valence-electron chi connectivity index (χ0n) is 19.4. The summed E-state index contributed by atoms with van der Waals surface area (Å²) < 4.78 is 34.9. The first-order valence-corrected chi connectivity index (χ1v) is 11.1. The Kier molecular flexibility index (Phi) is 6.42. The number of aromatic nitrogens is 3. The highest BCUT2D eigenvalue weighted by Gasteiger charge is 2.40. The van der Waals surface area contributed by atoms with E-state index in [9.17, 15) is 37.5 Å². The summed E-state index contributed by atoms with van der Waals surface area (Å²) in [4.78, 5) is 78.4. The fraction of sp³-hybridized carbons (Fsp3) is 0.217. The summed E-state index contributed by atoms with van der Waals surface area (Å²) in [7, 11) is 0. The van der Waals surface area contributed by atoms with Gasteiger partial charge in [-0.2, -0.15) is 0 Å². The number of H-pyrrole nitrogens is 1. The second-order valence-electron chi connectivity index (χ2n) is 8.25. The lowest BCUT2D eigenvalue weighted by molar-refractivity contribution is -0.151. The van der Waals surface area contributed by atoms with E-state index in [1.54, 1.807) is 13.8 Å². The maximum Gasteiger partial charge on any atom is 0.341 e. The van der Waals surface area contributed by atoms with Gasteiger partial charge in [0.15, 0.2) is 0 Å². The minimum Gasteiger partial charge on any atom is -0.461 e. The number of rotatable bonds is 5. The van der Waals surface area contributed by atoms with Crippen molar-refractivity contribution >= 4 is 35.1 Å². The van der Waals surface area contributed by atoms with Gasteiger partial charge in [0.25, 0.3) is 11.8 Å². The van der Waals surface area contributed by atoms with Gasteiger partial charge in [-0.25, -0.2) is 42.0 Å². The zero-order valence-corrected chi connectivity index (χ0v) is 20.1. The molecule has 1 atom stereocenters. The van der Waals surface area contributed by atoms with Crippen molar-refractivity contribution in [1.29, 1.82) is 0 Å². The first-order valence-electron chi connectivity index (χ1n) is 10.7. The molecule has 14 heteroatoms. The summed E-state index contributed by atoms with van der Waals surface area (Å²) in [5.41, 5.74) is -6.03. The molecule has 0 spiro atoms. The molecule has 1 aliphatic heterocycles. The molecular formula is C23H17ClF2N4O7. The van der Waals surface area contributed by atoms with Crippen LogP contribution in [0.2, 0.25) is 5.02 Å². The van der Waals surface area contributed by atoms with E-state index < -0.39 is 80.6 Å². The van der Waals surface area contributed by atoms with Crippen LogP contribution in [0.3, 0.4) is 0 Å². The second-order valence-corrected chi connectivity index (χ2v) is 8.66. The number of amides is 2. The number of carbonyl (C=O) groups excluding carboxylic acids is 3. The largest absolute Gasteiger partial charge is 0.461 e. The number of anilines is 1. The minimum absolute atomic E-state index is 0.318. The monoisotopic (exact) mass is 534 g/mol. The average molecular weight is 535 g/mol. The standard InChI is InChI=1S/C23H17ClF2N4O7/c1-9(2)37-20(33)10(3)28-21(34)27-22(35)30(23(28)36)15-8-16(14(26)7-12(15)24)29-18(31)11-5-4-6-13(25)17(11)19(29)32/h4-10H,1-3H3,(H,27,34,35)/t10-/m0/s1. The molecule has 192 valence electrons. The highest BCUT2D eigenvalue weighted by molar-refractivity contribution is 6.35. The number of nitrogens with one attached hydrogen (secondary N) is 1. The van der Waals surface area contributed by atoms with Crippen LogP contribution in [0.15, 0.2) is 44.7 Å². The third-order valence-corrected chi connectivity index (χ3v) is 5.78. The van der Waals surface area contributed by atoms with Crippen molar-refractivity contribution in [2.75, 3.05) is 4.90 Å². The summed E-state index contributed by atoms with van der Waals surface area (Å²) in [6.07, 6.45) is -0.575. The number of esters is 1. The van der Waals surface area contributed by atoms with Crippen LogP contribution in [-0.2, 0) is 9.53 Å². The summed E-state index contributed by atoms with van der Waals surface area (Å²) in [5.74, 6) is -5.39. The predicted molar refractivity (Wildman–Crippen MR) is 125 cm³/mol. The molecule has 3 aromatic rings. The van der Waals surface area contributed by atoms with Gasteiger partial charge in [0.1, 0.15) is 17.7 Å². The van der Waals surface area contributed by atoms with Crippen molar-refractivity contribution in [3.63, 3.8) is 0 Å². The molecule has 2 amide bonds. The highest BCUT2D eigenvalue weighted by atomic mass is 35.5. The van der Waals surface area contributed by atoms with Gasteiger partial charge in [0, 0.05) is 0 Å². The molecule has 37 heavy (non-hydrogen) atoms. The third kappa shape index (κ3) is 4.16. The molecule has 0 unspecified atom stereocenters. The van der Waals surface area contributed by atoms with Gasteiger partial charge in [-0.1, -0.05) is 17.7 Å². The zero-order chi connectivity index (χ0) is 27.3. The molecule has 2 aromatic carbocycles. The highest BCUT2D eigenvalue weighted by Crippen LogP contribution is 2.34. The molecule has 2 heterocycles. The Labute approximate surface area is 210 Å². The minimum atomic E-state index is -1.48. The van der Waals surface area contributed by atoms with Gasteiger partial charge in [0.05, 0.1) is 33.6 Å². The fourth-order valence-electron chi connectivity index (χ4n) is 3.81. The van der Waals surface area contributed by atoms with E-state index in [0.29, 0.717) is 20.1 Å². The Morgan fingerprint density at radius 2 is 1.62 bits per heavy atom. The van der Waals surface area contributed by atoms with Gasteiger partial charge >= 0.3 is 23.0 Å². The smallest absolute Gasteiger partial charge is 0.341 e. The van der Waals surface area contributed by atoms with Crippen LogP contribution in [0.1, 0.15) is 47.5 Å². The normalized spacial score (nSPS) is 13.8. The number of nitrogens with zero attached hydrogens (tertiary/aromatic N) is 3. The molecule has 1 aliphatic rings. The summed E-state index contributed by atoms with van der Waals surface area (Å²) in [6, 6.07) is 3.22. The molecule has 0 fully saturated rings. The van der Waals surface area contributed by atoms with Gasteiger partial charge < -0.3 is 4.74 Å². The van der Waals surface area contributed by atoms with Crippen LogP contribution >= 0.6 is 11.6 Å². The van der Waals surface area contributed by atoms with E-state index in [1.807, 2.05) is 4.98 Å². The fourth-order valence-corrected chi connectivity index (χ4v) is 4.05. The summed E-state index contributed by atoms with van der Waals surface area (Å²) in [5, 5.41) is -0.515. The SMILES string of the molecule is CC(C)OC(=O)[C@H](C)n1c(=O)[nH]c(=O)n(-c2cc(N3C(=O)c4cccc(F)c4C3=O)c(F)cc2Cl)c1=O. The first kappa shape index (κ1) is 25.7. The van der Waals surface area contributed by atoms with Crippen LogP contribution in [0.25, 0.3) is 5.69 Å². The first-order chi connectivity index (χ1) is 17.3. The van der Waals surface area contributed by atoms with Crippen LogP contribution in [0, 0.1) is 11.6 Å². The van der Waals surface area contributed by atoms with Gasteiger partial charge in [-0.05, 0) is 45.0 Å².